The van der Waals surface area contributed by atoms with E-state index in [-0.39, 0.29) is 12.0 Å². The van der Waals surface area contributed by atoms with Gasteiger partial charge in [0.05, 0.1) is 6.10 Å². The summed E-state index contributed by atoms with van der Waals surface area (Å²) in [6.07, 6.45) is 1.39. The standard InChI is InChI=1S/C10H16N4O2S/c1-11-10-13-12-8(17-10)9(16)14(2)5-6-3-7(15)4-6/h6-7,15H,3-5H2,1-2H3,(H,11,13). The summed E-state index contributed by atoms with van der Waals surface area (Å²) >= 11 is 1.25. The third kappa shape index (κ3) is 2.73. The molecule has 6 nitrogen and oxygen atoms in total. The molecule has 1 aromatic rings. The third-order valence-corrected chi connectivity index (χ3v) is 3.84. The average molecular weight is 256 g/mol. The molecular formula is C10H16N4O2S. The van der Waals surface area contributed by atoms with E-state index < -0.39 is 0 Å². The lowest BCUT2D eigenvalue weighted by Gasteiger charge is -2.34. The number of anilines is 1. The minimum Gasteiger partial charge on any atom is -0.393 e. The fraction of sp³-hybridized carbons (Fsp3) is 0.700. The van der Waals surface area contributed by atoms with Crippen molar-refractivity contribution in [2.24, 2.45) is 5.92 Å². The molecule has 0 aliphatic heterocycles. The highest BCUT2D eigenvalue weighted by Crippen LogP contribution is 2.28. The van der Waals surface area contributed by atoms with Gasteiger partial charge in [-0.2, -0.15) is 0 Å². The van der Waals surface area contributed by atoms with Gasteiger partial charge in [-0.05, 0) is 18.8 Å². The topological polar surface area (TPSA) is 78.4 Å². The van der Waals surface area contributed by atoms with Gasteiger partial charge in [0.15, 0.2) is 0 Å². The molecule has 7 heteroatoms. The Morgan fingerprint density at radius 2 is 2.29 bits per heavy atom. The van der Waals surface area contributed by atoms with E-state index in [1.165, 1.54) is 11.3 Å². The average Bonchev–Trinajstić information content (AvgIpc) is 2.74. The van der Waals surface area contributed by atoms with Crippen molar-refractivity contribution in [2.75, 3.05) is 26.0 Å². The maximum absolute atomic E-state index is 12.0. The van der Waals surface area contributed by atoms with E-state index in [1.54, 1.807) is 19.0 Å². The minimum absolute atomic E-state index is 0.106. The monoisotopic (exact) mass is 256 g/mol. The molecule has 0 bridgehead atoms. The van der Waals surface area contributed by atoms with E-state index in [0.29, 0.717) is 22.6 Å². The Balaban J connectivity index is 1.90. The van der Waals surface area contributed by atoms with Gasteiger partial charge in [-0.1, -0.05) is 11.3 Å². The molecule has 2 N–H and O–H groups in total. The highest BCUT2D eigenvalue weighted by Gasteiger charge is 2.29. The molecule has 0 spiro atoms. The van der Waals surface area contributed by atoms with Crippen molar-refractivity contribution in [2.45, 2.75) is 18.9 Å². The van der Waals surface area contributed by atoms with E-state index in [2.05, 4.69) is 15.5 Å². The fourth-order valence-corrected chi connectivity index (χ4v) is 2.59. The van der Waals surface area contributed by atoms with Gasteiger partial charge < -0.3 is 15.3 Å². The van der Waals surface area contributed by atoms with E-state index in [9.17, 15) is 9.90 Å². The van der Waals surface area contributed by atoms with Crippen molar-refractivity contribution < 1.29 is 9.90 Å². The first-order valence-electron chi connectivity index (χ1n) is 5.55. The van der Waals surface area contributed by atoms with Gasteiger partial charge in [-0.3, -0.25) is 4.79 Å². The Morgan fingerprint density at radius 3 is 2.82 bits per heavy atom. The third-order valence-electron chi connectivity index (χ3n) is 2.91. The summed E-state index contributed by atoms with van der Waals surface area (Å²) in [5.41, 5.74) is 0. The molecule has 1 heterocycles. The van der Waals surface area contributed by atoms with Crippen molar-refractivity contribution in [3.63, 3.8) is 0 Å². The lowest BCUT2D eigenvalue weighted by atomic mass is 9.82. The van der Waals surface area contributed by atoms with Crippen LogP contribution in [0.4, 0.5) is 5.13 Å². The molecule has 0 saturated heterocycles. The van der Waals surface area contributed by atoms with Gasteiger partial charge in [-0.25, -0.2) is 0 Å². The van der Waals surface area contributed by atoms with Crippen LogP contribution < -0.4 is 5.32 Å². The first-order valence-corrected chi connectivity index (χ1v) is 6.36. The quantitative estimate of drug-likeness (QED) is 0.816. The molecule has 1 amide bonds. The van der Waals surface area contributed by atoms with Crippen LogP contribution >= 0.6 is 11.3 Å². The normalized spacial score (nSPS) is 23.0. The van der Waals surface area contributed by atoms with Crippen LogP contribution in [0.25, 0.3) is 0 Å². The summed E-state index contributed by atoms with van der Waals surface area (Å²) in [7, 11) is 3.50. The molecule has 1 aliphatic rings. The Hall–Kier alpha value is -1.21. The molecule has 1 saturated carbocycles. The zero-order chi connectivity index (χ0) is 12.4. The van der Waals surface area contributed by atoms with Crippen LogP contribution in [0.1, 0.15) is 22.6 Å². The number of aliphatic hydroxyl groups is 1. The molecule has 94 valence electrons. The van der Waals surface area contributed by atoms with Crippen molar-refractivity contribution in [1.82, 2.24) is 15.1 Å². The Bertz CT molecular complexity index is 403. The van der Waals surface area contributed by atoms with Crippen LogP contribution in [0.15, 0.2) is 0 Å². The van der Waals surface area contributed by atoms with Gasteiger partial charge in [0.25, 0.3) is 5.91 Å². The molecule has 2 rings (SSSR count). The van der Waals surface area contributed by atoms with Crippen LogP contribution in [0, 0.1) is 5.92 Å². The SMILES string of the molecule is CNc1nnc(C(=O)N(C)CC2CC(O)C2)s1. The number of nitrogens with zero attached hydrogens (tertiary/aromatic N) is 3. The van der Waals surface area contributed by atoms with Crippen LogP contribution in [0.5, 0.6) is 0 Å². The minimum atomic E-state index is -0.180. The molecule has 0 aromatic carbocycles. The van der Waals surface area contributed by atoms with Gasteiger partial charge >= 0.3 is 0 Å². The Kier molecular flexibility index (Phi) is 3.58. The van der Waals surface area contributed by atoms with E-state index >= 15 is 0 Å². The molecule has 1 aromatic heterocycles. The zero-order valence-electron chi connectivity index (χ0n) is 9.88. The number of aromatic nitrogens is 2. The van der Waals surface area contributed by atoms with Crippen LogP contribution in [-0.4, -0.2) is 52.9 Å². The predicted molar refractivity (Wildman–Crippen MR) is 65.1 cm³/mol. The number of hydrogen-bond donors (Lipinski definition) is 2. The van der Waals surface area contributed by atoms with Crippen LogP contribution in [0.3, 0.4) is 0 Å². The number of aliphatic hydroxyl groups excluding tert-OH is 1. The van der Waals surface area contributed by atoms with Crippen molar-refractivity contribution in [1.29, 1.82) is 0 Å². The highest BCUT2D eigenvalue weighted by molar-refractivity contribution is 7.17. The number of carbonyl (C=O) groups excluding carboxylic acids is 1. The summed E-state index contributed by atoms with van der Waals surface area (Å²) in [4.78, 5) is 13.6. The Labute approximate surface area is 104 Å². The molecule has 1 aliphatic carbocycles. The van der Waals surface area contributed by atoms with Crippen molar-refractivity contribution >= 4 is 22.4 Å². The molecular weight excluding hydrogens is 240 g/mol. The molecule has 17 heavy (non-hydrogen) atoms. The molecule has 0 unspecified atom stereocenters. The summed E-state index contributed by atoms with van der Waals surface area (Å²) in [6.45, 7) is 0.671. The first-order chi connectivity index (χ1) is 8.10. The van der Waals surface area contributed by atoms with Crippen molar-refractivity contribution in [3.8, 4) is 0 Å². The number of carbonyl (C=O) groups is 1. The van der Waals surface area contributed by atoms with Gasteiger partial charge in [-0.15, -0.1) is 10.2 Å². The van der Waals surface area contributed by atoms with Gasteiger partial charge in [0, 0.05) is 20.6 Å². The zero-order valence-corrected chi connectivity index (χ0v) is 10.7. The number of nitrogens with one attached hydrogen (secondary N) is 1. The van der Waals surface area contributed by atoms with Gasteiger partial charge in [0.2, 0.25) is 10.1 Å². The lowest BCUT2D eigenvalue weighted by Crippen LogP contribution is -2.39. The molecule has 1 fully saturated rings. The highest BCUT2D eigenvalue weighted by atomic mass is 32.1. The summed E-state index contributed by atoms with van der Waals surface area (Å²) in [6, 6.07) is 0. The second-order valence-electron chi connectivity index (χ2n) is 4.34. The lowest BCUT2D eigenvalue weighted by molar-refractivity contribution is 0.0265. The first kappa shape index (κ1) is 12.3. The number of rotatable bonds is 4. The maximum Gasteiger partial charge on any atom is 0.284 e. The predicted octanol–water partition coefficient (Wildman–Crippen LogP) is 0.423. The largest absolute Gasteiger partial charge is 0.393 e. The van der Waals surface area contributed by atoms with E-state index in [1.807, 2.05) is 0 Å². The molecule has 0 atom stereocenters. The second-order valence-corrected chi connectivity index (χ2v) is 5.32. The summed E-state index contributed by atoms with van der Waals surface area (Å²) in [5, 5.41) is 20.8. The van der Waals surface area contributed by atoms with Crippen molar-refractivity contribution in [3.05, 3.63) is 5.01 Å². The van der Waals surface area contributed by atoms with Crippen LogP contribution in [-0.2, 0) is 0 Å². The second kappa shape index (κ2) is 4.97. The smallest absolute Gasteiger partial charge is 0.284 e. The maximum atomic E-state index is 12.0. The number of hydrogen-bond acceptors (Lipinski definition) is 6. The summed E-state index contributed by atoms with van der Waals surface area (Å²) < 4.78 is 0. The van der Waals surface area contributed by atoms with Gasteiger partial charge in [0.1, 0.15) is 0 Å². The van der Waals surface area contributed by atoms with Crippen LogP contribution in [0.2, 0.25) is 0 Å². The van der Waals surface area contributed by atoms with E-state index in [4.69, 9.17) is 0 Å². The summed E-state index contributed by atoms with van der Waals surface area (Å²) in [5.74, 6) is 0.307. The number of amides is 1. The van der Waals surface area contributed by atoms with E-state index in [0.717, 1.165) is 12.8 Å². The fourth-order valence-electron chi connectivity index (χ4n) is 1.89. The Morgan fingerprint density at radius 1 is 1.59 bits per heavy atom. The molecule has 0 radical (unpaired) electrons.